The molecule has 0 radical (unpaired) electrons. The number of aliphatic hydroxyl groups excluding tert-OH is 2. The summed E-state index contributed by atoms with van der Waals surface area (Å²) in [6.07, 6.45) is 5.94. The summed E-state index contributed by atoms with van der Waals surface area (Å²) in [5, 5.41) is 25.0. The normalized spacial score (nSPS) is 15.2. The zero-order valence-corrected chi connectivity index (χ0v) is 20.6. The van der Waals surface area contributed by atoms with Crippen molar-refractivity contribution in [2.24, 2.45) is 0 Å². The summed E-state index contributed by atoms with van der Waals surface area (Å²) in [5.41, 5.74) is 4.46. The van der Waals surface area contributed by atoms with Crippen molar-refractivity contribution in [3.8, 4) is 0 Å². The Bertz CT molecular complexity index is 375. The highest BCUT2D eigenvalue weighted by Crippen LogP contribution is 2.03. The average molecular weight is 403 g/mol. The molecule has 0 aromatic carbocycles. The van der Waals surface area contributed by atoms with E-state index in [0.29, 0.717) is 6.54 Å². The van der Waals surface area contributed by atoms with Crippen molar-refractivity contribution in [1.29, 1.82) is 0 Å². The molecule has 0 aromatic heterocycles. The Morgan fingerprint density at radius 3 is 1.77 bits per heavy atom. The summed E-state index contributed by atoms with van der Waals surface area (Å²) in [4.78, 5) is 0. The maximum Gasteiger partial charge on any atom is 0.0841 e. The minimum Gasteiger partial charge on any atom is -0.394 e. The van der Waals surface area contributed by atoms with Crippen LogP contribution >= 0.6 is 0 Å². The van der Waals surface area contributed by atoms with Gasteiger partial charge in [-0.25, -0.2) is 0 Å². The van der Waals surface area contributed by atoms with Gasteiger partial charge in [0.2, 0.25) is 0 Å². The van der Waals surface area contributed by atoms with Gasteiger partial charge in [-0.15, -0.1) is 0 Å². The summed E-state index contributed by atoms with van der Waals surface area (Å²) in [6, 6.07) is 0.145. The van der Waals surface area contributed by atoms with Crippen LogP contribution in [0.5, 0.6) is 0 Å². The van der Waals surface area contributed by atoms with Gasteiger partial charge in [0.25, 0.3) is 0 Å². The molecule has 0 aromatic rings. The quantitative estimate of drug-likeness (QED) is 0.298. The molecule has 0 fully saturated rings. The maximum atomic E-state index is 9.51. The molecule has 0 heterocycles. The SMILES string of the molecule is CCCNC(/C=C/[Si](C)(C)C)CO.CCCNCC(O)/C=C/[Si](C)(C)C. The van der Waals surface area contributed by atoms with Gasteiger partial charge in [0.1, 0.15) is 0 Å². The van der Waals surface area contributed by atoms with Crippen LogP contribution in [0.2, 0.25) is 39.3 Å². The van der Waals surface area contributed by atoms with E-state index in [1.54, 1.807) is 0 Å². The van der Waals surface area contributed by atoms with Gasteiger partial charge >= 0.3 is 0 Å². The third-order valence-electron chi connectivity index (χ3n) is 3.28. The predicted molar refractivity (Wildman–Crippen MR) is 123 cm³/mol. The molecule has 0 saturated heterocycles. The second-order valence-electron chi connectivity index (χ2n) is 8.96. The van der Waals surface area contributed by atoms with Crippen LogP contribution < -0.4 is 10.6 Å². The van der Waals surface area contributed by atoms with Crippen molar-refractivity contribution < 1.29 is 10.2 Å². The predicted octanol–water partition coefficient (Wildman–Crippen LogP) is 3.56. The minimum absolute atomic E-state index is 0.145. The molecule has 0 aliphatic rings. The fraction of sp³-hybridized carbons (Fsp3) is 0.800. The fourth-order valence-corrected chi connectivity index (χ4v) is 3.43. The molecule has 0 spiro atoms. The Labute approximate surface area is 165 Å². The lowest BCUT2D eigenvalue weighted by molar-refractivity contribution is 0.219. The van der Waals surface area contributed by atoms with E-state index in [-0.39, 0.29) is 18.8 Å². The topological polar surface area (TPSA) is 64.5 Å². The van der Waals surface area contributed by atoms with Crippen LogP contribution in [0.15, 0.2) is 23.6 Å². The van der Waals surface area contributed by atoms with Crippen molar-refractivity contribution >= 4 is 16.1 Å². The van der Waals surface area contributed by atoms with Gasteiger partial charge in [0.15, 0.2) is 0 Å². The van der Waals surface area contributed by atoms with Gasteiger partial charge in [-0.05, 0) is 25.9 Å². The highest BCUT2D eigenvalue weighted by molar-refractivity contribution is 6.81. The molecule has 0 bridgehead atoms. The first-order valence-corrected chi connectivity index (χ1v) is 17.2. The maximum absolute atomic E-state index is 9.51. The van der Waals surface area contributed by atoms with Crippen molar-refractivity contribution in [3.63, 3.8) is 0 Å². The summed E-state index contributed by atoms with van der Waals surface area (Å²) < 4.78 is 0. The monoisotopic (exact) mass is 402 g/mol. The first-order valence-electron chi connectivity index (χ1n) is 10.1. The van der Waals surface area contributed by atoms with E-state index in [2.05, 4.69) is 81.2 Å². The molecular formula is C20H46N2O2Si2. The second kappa shape index (κ2) is 15.8. The first-order chi connectivity index (χ1) is 11.9. The van der Waals surface area contributed by atoms with Gasteiger partial charge in [-0.1, -0.05) is 76.7 Å². The van der Waals surface area contributed by atoms with Crippen molar-refractivity contribution in [2.45, 2.75) is 78.1 Å². The van der Waals surface area contributed by atoms with Crippen molar-refractivity contribution in [2.75, 3.05) is 26.2 Å². The number of hydrogen-bond acceptors (Lipinski definition) is 4. The van der Waals surface area contributed by atoms with E-state index in [9.17, 15) is 5.11 Å². The van der Waals surface area contributed by atoms with Crippen molar-refractivity contribution in [1.82, 2.24) is 10.6 Å². The zero-order valence-electron chi connectivity index (χ0n) is 18.6. The minimum atomic E-state index is -1.14. The number of nitrogens with one attached hydrogen (secondary N) is 2. The number of hydrogen-bond donors (Lipinski definition) is 4. The summed E-state index contributed by atoms with van der Waals surface area (Å²) in [7, 11) is -2.24. The molecular weight excluding hydrogens is 356 g/mol. The van der Waals surface area contributed by atoms with Crippen LogP contribution in [0, 0.1) is 0 Å². The average Bonchev–Trinajstić information content (AvgIpc) is 2.52. The summed E-state index contributed by atoms with van der Waals surface area (Å²) in [6.45, 7) is 20.7. The molecule has 0 aliphatic carbocycles. The molecule has 0 rings (SSSR count). The van der Waals surface area contributed by atoms with Gasteiger partial charge < -0.3 is 20.8 Å². The molecule has 0 aliphatic heterocycles. The van der Waals surface area contributed by atoms with E-state index in [0.717, 1.165) is 25.9 Å². The van der Waals surface area contributed by atoms with Crippen molar-refractivity contribution in [3.05, 3.63) is 23.6 Å². The first kappa shape index (κ1) is 28.0. The molecule has 156 valence electrons. The van der Waals surface area contributed by atoms with E-state index < -0.39 is 16.1 Å². The molecule has 4 nitrogen and oxygen atoms in total. The largest absolute Gasteiger partial charge is 0.394 e. The van der Waals surface area contributed by atoms with Gasteiger partial charge in [-0.3, -0.25) is 0 Å². The van der Waals surface area contributed by atoms with Gasteiger partial charge in [-0.2, -0.15) is 0 Å². The summed E-state index contributed by atoms with van der Waals surface area (Å²) >= 11 is 0. The molecule has 26 heavy (non-hydrogen) atoms. The number of aliphatic hydroxyl groups is 2. The molecule has 0 saturated carbocycles. The van der Waals surface area contributed by atoms with Gasteiger partial charge in [0.05, 0.1) is 28.9 Å². The van der Waals surface area contributed by atoms with Crippen LogP contribution in [0.4, 0.5) is 0 Å². The Balaban J connectivity index is 0. The van der Waals surface area contributed by atoms with Crippen LogP contribution in [-0.2, 0) is 0 Å². The smallest absolute Gasteiger partial charge is 0.0841 e. The van der Waals surface area contributed by atoms with E-state index >= 15 is 0 Å². The molecule has 2 unspecified atom stereocenters. The second-order valence-corrected chi connectivity index (χ2v) is 19.1. The van der Waals surface area contributed by atoms with Crippen LogP contribution in [0.3, 0.4) is 0 Å². The van der Waals surface area contributed by atoms with Gasteiger partial charge in [0, 0.05) is 12.6 Å². The highest BCUT2D eigenvalue weighted by atomic mass is 28.3. The Kier molecular flexibility index (Phi) is 17.0. The zero-order chi connectivity index (χ0) is 20.6. The Morgan fingerprint density at radius 2 is 1.35 bits per heavy atom. The van der Waals surface area contributed by atoms with E-state index in [4.69, 9.17) is 5.11 Å². The molecule has 2 atom stereocenters. The molecule has 6 heteroatoms. The Hall–Kier alpha value is -0.246. The Morgan fingerprint density at radius 1 is 0.846 bits per heavy atom. The fourth-order valence-electron chi connectivity index (χ4n) is 1.82. The summed E-state index contributed by atoms with van der Waals surface area (Å²) in [5.74, 6) is 0. The van der Waals surface area contributed by atoms with E-state index in [1.165, 1.54) is 0 Å². The number of rotatable bonds is 12. The molecule has 4 N–H and O–H groups in total. The third-order valence-corrected chi connectivity index (χ3v) is 5.67. The standard InChI is InChI=1S/2C10H23NOSi/c1-5-7-11-10(9-12)6-8-13(2,3)4;1-5-7-11-9-10(12)6-8-13(2,3)4/h2*6,8,10-12H,5,7,9H2,1-4H3/b2*8-6+. The lowest BCUT2D eigenvalue weighted by atomic mass is 10.3. The van der Waals surface area contributed by atoms with Crippen LogP contribution in [0.1, 0.15) is 26.7 Å². The highest BCUT2D eigenvalue weighted by Gasteiger charge is 2.09. The van der Waals surface area contributed by atoms with Crippen LogP contribution in [-0.4, -0.2) is 64.7 Å². The van der Waals surface area contributed by atoms with Crippen LogP contribution in [0.25, 0.3) is 0 Å². The third kappa shape index (κ3) is 23.8. The lowest BCUT2D eigenvalue weighted by Gasteiger charge is -2.14. The lowest BCUT2D eigenvalue weighted by Crippen LogP contribution is -2.32. The molecule has 0 amide bonds. The van der Waals surface area contributed by atoms with E-state index in [1.807, 2.05) is 6.08 Å².